The van der Waals surface area contributed by atoms with Gasteiger partial charge in [-0.2, -0.15) is 58.8 Å². The number of hydrogen-bond donors (Lipinski definition) is 0. The van der Waals surface area contributed by atoms with E-state index in [0.717, 1.165) is 11.5 Å². The van der Waals surface area contributed by atoms with E-state index in [1.165, 1.54) is 143 Å². The van der Waals surface area contributed by atoms with Crippen LogP contribution in [0.3, 0.4) is 0 Å². The van der Waals surface area contributed by atoms with Gasteiger partial charge in [0.2, 0.25) is 0 Å². The van der Waals surface area contributed by atoms with Gasteiger partial charge in [-0.05, 0) is 55.2 Å². The number of thiophene rings is 1. The second kappa shape index (κ2) is 19.3. The Balaban J connectivity index is 1.40. The molecule has 1 aliphatic heterocycles. The van der Waals surface area contributed by atoms with Gasteiger partial charge in [0, 0.05) is 99.9 Å². The first kappa shape index (κ1) is 39.3. The van der Waals surface area contributed by atoms with E-state index in [1.54, 1.807) is 0 Å². The Morgan fingerprint density at radius 2 is 0.865 bits per heavy atom. The zero-order valence-corrected chi connectivity index (χ0v) is 37.2. The van der Waals surface area contributed by atoms with Crippen LogP contribution >= 0.6 is 93.7 Å². The molecule has 2 bridgehead atoms. The van der Waals surface area contributed by atoms with E-state index in [-0.39, 0.29) is 0 Å². The van der Waals surface area contributed by atoms with Gasteiger partial charge in [-0.1, -0.05) is 95.1 Å². The maximum absolute atomic E-state index is 2.45. The molecular formula is C44H48S8. The molecule has 6 aromatic rings. The van der Waals surface area contributed by atoms with Crippen molar-refractivity contribution < 1.29 is 0 Å². The molecule has 52 heavy (non-hydrogen) atoms. The van der Waals surface area contributed by atoms with E-state index in [0.29, 0.717) is 0 Å². The molecule has 0 fully saturated rings. The van der Waals surface area contributed by atoms with Crippen molar-refractivity contribution in [2.75, 3.05) is 69.0 Å². The lowest BCUT2D eigenvalue weighted by atomic mass is 9.93. The van der Waals surface area contributed by atoms with Gasteiger partial charge >= 0.3 is 0 Å². The van der Waals surface area contributed by atoms with Gasteiger partial charge in [0.05, 0.1) is 4.70 Å². The predicted molar refractivity (Wildman–Crippen MR) is 255 cm³/mol. The molecule has 0 spiro atoms. The fourth-order valence-electron chi connectivity index (χ4n) is 7.15. The van der Waals surface area contributed by atoms with Crippen LogP contribution in [0.5, 0.6) is 0 Å². The summed E-state index contributed by atoms with van der Waals surface area (Å²) in [5.74, 6) is 14.8. The first-order valence-electron chi connectivity index (χ1n) is 18.2. The van der Waals surface area contributed by atoms with Crippen LogP contribution in [0.25, 0.3) is 53.2 Å². The first-order chi connectivity index (χ1) is 25.5. The maximum Gasteiger partial charge on any atom is 0.0504 e. The van der Waals surface area contributed by atoms with Gasteiger partial charge < -0.3 is 0 Å². The second-order valence-electron chi connectivity index (χ2n) is 13.4. The molecule has 7 rings (SSSR count). The largest absolute Gasteiger partial charge is 0.160 e. The summed E-state index contributed by atoms with van der Waals surface area (Å²) in [4.78, 5) is 2.93. The van der Waals surface area contributed by atoms with Crippen molar-refractivity contribution in [1.82, 2.24) is 0 Å². The van der Waals surface area contributed by atoms with Crippen molar-refractivity contribution >= 4 is 125 Å². The summed E-state index contributed by atoms with van der Waals surface area (Å²) < 4.78 is 2.92. The van der Waals surface area contributed by atoms with Crippen molar-refractivity contribution in [2.24, 2.45) is 0 Å². The van der Waals surface area contributed by atoms with Crippen molar-refractivity contribution in [3.63, 3.8) is 0 Å². The average molecular weight is 833 g/mol. The fraction of sp³-hybridized carbons (Fsp3) is 0.364. The first-order valence-corrected chi connectivity index (χ1v) is 26.8. The molecule has 1 aliphatic rings. The van der Waals surface area contributed by atoms with Gasteiger partial charge in [0.1, 0.15) is 0 Å². The summed E-state index contributed by atoms with van der Waals surface area (Å²) in [6, 6.07) is 28.4. The molecular weight excluding hydrogens is 785 g/mol. The van der Waals surface area contributed by atoms with Gasteiger partial charge in [-0.25, -0.2) is 0 Å². The molecule has 272 valence electrons. The van der Waals surface area contributed by atoms with E-state index in [9.17, 15) is 0 Å². The van der Waals surface area contributed by atoms with Crippen LogP contribution in [0, 0.1) is 27.7 Å². The summed E-state index contributed by atoms with van der Waals surface area (Å²) in [5, 5.41) is 5.62. The highest BCUT2D eigenvalue weighted by atomic mass is 32.2. The lowest BCUT2D eigenvalue weighted by Gasteiger charge is -2.17. The minimum atomic E-state index is 1.12. The van der Waals surface area contributed by atoms with E-state index >= 15 is 0 Å². The Hall–Kier alpha value is -0.970. The lowest BCUT2D eigenvalue weighted by molar-refractivity contribution is 1.37. The normalized spacial score (nSPS) is 16.5. The molecule has 0 unspecified atom stereocenters. The van der Waals surface area contributed by atoms with Crippen molar-refractivity contribution in [3.8, 4) is 22.3 Å². The van der Waals surface area contributed by atoms with Crippen molar-refractivity contribution in [2.45, 2.75) is 37.5 Å². The zero-order chi connectivity index (χ0) is 35.9. The second-order valence-corrected chi connectivity index (χ2v) is 22.7. The highest BCUT2D eigenvalue weighted by Gasteiger charge is 2.23. The Kier molecular flexibility index (Phi) is 14.5. The van der Waals surface area contributed by atoms with E-state index < -0.39 is 0 Å². The maximum atomic E-state index is 2.45. The SMILES string of the molecule is Cc1cc(C)cc(-c2ccc3c4sc5c(c(-c6cc(C)cc(C)c6)c6ccccc6c53)SCCSCCSCCSCCSCCSCCSc24)c1. The van der Waals surface area contributed by atoms with Gasteiger partial charge in [0.15, 0.2) is 0 Å². The Bertz CT molecular complexity index is 2110. The topological polar surface area (TPSA) is 0 Å². The molecule has 0 amide bonds. The number of benzene rings is 5. The molecule has 0 atom stereocenters. The summed E-state index contributed by atoms with van der Waals surface area (Å²) in [7, 11) is 0. The number of aryl methyl sites for hydroxylation is 4. The summed E-state index contributed by atoms with van der Waals surface area (Å²) in [6.07, 6.45) is 0. The van der Waals surface area contributed by atoms with Gasteiger partial charge in [0.25, 0.3) is 0 Å². The molecule has 5 aromatic carbocycles. The summed E-state index contributed by atoms with van der Waals surface area (Å²) >= 11 is 16.9. The van der Waals surface area contributed by atoms with Crippen LogP contribution in [0.15, 0.2) is 82.6 Å². The molecule has 2 heterocycles. The summed E-state index contributed by atoms with van der Waals surface area (Å²) in [5.41, 5.74) is 10.8. The molecule has 0 nitrogen and oxygen atoms in total. The number of rotatable bonds is 2. The van der Waals surface area contributed by atoms with Crippen molar-refractivity contribution in [3.05, 3.63) is 95.1 Å². The highest BCUT2D eigenvalue weighted by Crippen LogP contribution is 2.52. The van der Waals surface area contributed by atoms with Crippen LogP contribution in [0.4, 0.5) is 0 Å². The Morgan fingerprint density at radius 1 is 0.404 bits per heavy atom. The molecule has 0 radical (unpaired) electrons. The average Bonchev–Trinajstić information content (AvgIpc) is 3.51. The quantitative estimate of drug-likeness (QED) is 0.168. The number of hydrogen-bond acceptors (Lipinski definition) is 8. The van der Waals surface area contributed by atoms with E-state index in [2.05, 4.69) is 194 Å². The third-order valence-corrected chi connectivity index (χ3v) is 19.4. The standard InChI is InChI=1S/C44H48S8/c1-29-23-30(2)26-33(25-29)35-9-10-38-40-37-8-6-5-7-36(37)39(34-27-31(3)24-32(4)28-34)43-44(40)52-42(38)41(35)50-21-19-48-17-15-46-13-11-45-12-14-47-16-18-49-20-22-51-43/h5-10,23-28H,11-22H2,1-4H3. The third kappa shape index (κ3) is 9.51. The Labute approximate surface area is 345 Å². The van der Waals surface area contributed by atoms with Crippen LogP contribution in [0.2, 0.25) is 0 Å². The van der Waals surface area contributed by atoms with Crippen LogP contribution in [-0.2, 0) is 0 Å². The molecule has 1 aromatic heterocycles. The van der Waals surface area contributed by atoms with E-state index in [4.69, 9.17) is 0 Å². The predicted octanol–water partition coefficient (Wildman–Crippen LogP) is 14.6. The third-order valence-electron chi connectivity index (χ3n) is 9.19. The number of fused-ring (bicyclic) bond motifs is 3. The monoisotopic (exact) mass is 832 g/mol. The van der Waals surface area contributed by atoms with Gasteiger partial charge in [-0.3, -0.25) is 0 Å². The lowest BCUT2D eigenvalue weighted by Crippen LogP contribution is -1.95. The Morgan fingerprint density at radius 3 is 1.40 bits per heavy atom. The number of thioether (sulfide) groups is 7. The zero-order valence-electron chi connectivity index (χ0n) is 30.7. The summed E-state index contributed by atoms with van der Waals surface area (Å²) in [6.45, 7) is 8.97. The highest BCUT2D eigenvalue weighted by molar-refractivity contribution is 8.06. The molecule has 8 heteroatoms. The van der Waals surface area contributed by atoms with Gasteiger partial charge in [-0.15, -0.1) is 34.9 Å². The van der Waals surface area contributed by atoms with Crippen molar-refractivity contribution in [1.29, 1.82) is 0 Å². The smallest absolute Gasteiger partial charge is 0.0504 e. The molecule has 0 saturated carbocycles. The fourth-order valence-corrected chi connectivity index (χ4v) is 17.0. The van der Waals surface area contributed by atoms with Crippen LogP contribution in [0.1, 0.15) is 22.3 Å². The minimum Gasteiger partial charge on any atom is -0.160 e. The van der Waals surface area contributed by atoms with Crippen LogP contribution in [-0.4, -0.2) is 69.0 Å². The molecule has 0 saturated heterocycles. The molecule has 0 aliphatic carbocycles. The molecule has 0 N–H and O–H groups in total. The van der Waals surface area contributed by atoms with E-state index in [1.807, 2.05) is 0 Å². The minimum absolute atomic E-state index is 1.12. The van der Waals surface area contributed by atoms with Crippen LogP contribution < -0.4 is 0 Å².